The van der Waals surface area contributed by atoms with E-state index in [1.807, 2.05) is 4.68 Å². The number of aliphatic hydroxyl groups is 1. The van der Waals surface area contributed by atoms with Gasteiger partial charge in [-0.3, -0.25) is 0 Å². The standard InChI is InChI=1S/C11H16N4O2/c12-4-3-10-11(9-1-2-9)15(14-13-10)5-7-17-8-6-16/h9,16H,1-3,5-8H2. The van der Waals surface area contributed by atoms with Crippen LogP contribution in [0.25, 0.3) is 0 Å². The maximum absolute atomic E-state index is 8.72. The van der Waals surface area contributed by atoms with Crippen LogP contribution in [0, 0.1) is 11.3 Å². The highest BCUT2D eigenvalue weighted by atomic mass is 16.5. The normalized spacial score (nSPS) is 14.8. The molecule has 0 saturated heterocycles. The van der Waals surface area contributed by atoms with Crippen LogP contribution in [0.15, 0.2) is 0 Å². The lowest BCUT2D eigenvalue weighted by molar-refractivity contribution is 0.0847. The lowest BCUT2D eigenvalue weighted by Crippen LogP contribution is -2.12. The zero-order chi connectivity index (χ0) is 12.1. The van der Waals surface area contributed by atoms with Gasteiger partial charge in [-0.05, 0) is 12.8 Å². The predicted molar refractivity (Wildman–Crippen MR) is 59.2 cm³/mol. The molecule has 6 heteroatoms. The Morgan fingerprint density at radius 3 is 2.94 bits per heavy atom. The Kier molecular flexibility index (Phi) is 4.07. The van der Waals surface area contributed by atoms with Gasteiger partial charge < -0.3 is 9.84 Å². The second-order valence-electron chi connectivity index (χ2n) is 4.09. The Hall–Kier alpha value is -1.45. The first-order chi connectivity index (χ1) is 8.36. The van der Waals surface area contributed by atoms with Crippen molar-refractivity contribution in [1.29, 1.82) is 5.26 Å². The molecule has 0 aliphatic heterocycles. The van der Waals surface area contributed by atoms with Gasteiger partial charge in [0.1, 0.15) is 5.69 Å². The van der Waals surface area contributed by atoms with Crippen molar-refractivity contribution in [3.05, 3.63) is 11.4 Å². The van der Waals surface area contributed by atoms with Crippen molar-refractivity contribution in [2.75, 3.05) is 19.8 Å². The lowest BCUT2D eigenvalue weighted by atomic mass is 10.2. The summed E-state index contributed by atoms with van der Waals surface area (Å²) >= 11 is 0. The number of aliphatic hydroxyl groups excluding tert-OH is 1. The smallest absolute Gasteiger partial charge is 0.100 e. The van der Waals surface area contributed by atoms with Gasteiger partial charge in [-0.1, -0.05) is 5.21 Å². The van der Waals surface area contributed by atoms with E-state index in [0.29, 0.717) is 32.1 Å². The Balaban J connectivity index is 1.98. The summed E-state index contributed by atoms with van der Waals surface area (Å²) in [5, 5.41) is 25.4. The second kappa shape index (κ2) is 5.75. The molecule has 1 fully saturated rings. The van der Waals surface area contributed by atoms with Crippen molar-refractivity contribution in [2.24, 2.45) is 0 Å². The molecular formula is C11H16N4O2. The molecule has 0 atom stereocenters. The fourth-order valence-corrected chi connectivity index (χ4v) is 1.84. The number of nitrogens with zero attached hydrogens (tertiary/aromatic N) is 4. The van der Waals surface area contributed by atoms with E-state index in [2.05, 4.69) is 16.4 Å². The minimum atomic E-state index is 0.0342. The van der Waals surface area contributed by atoms with Gasteiger partial charge in [-0.2, -0.15) is 5.26 Å². The first-order valence-electron chi connectivity index (χ1n) is 5.84. The molecule has 92 valence electrons. The van der Waals surface area contributed by atoms with E-state index < -0.39 is 0 Å². The van der Waals surface area contributed by atoms with Crippen LogP contribution in [-0.2, 0) is 17.7 Å². The summed E-state index contributed by atoms with van der Waals surface area (Å²) in [5.41, 5.74) is 1.90. The summed E-state index contributed by atoms with van der Waals surface area (Å²) in [6.45, 7) is 1.52. The summed E-state index contributed by atoms with van der Waals surface area (Å²) in [4.78, 5) is 0. The van der Waals surface area contributed by atoms with Crippen molar-refractivity contribution in [3.63, 3.8) is 0 Å². The number of ether oxygens (including phenoxy) is 1. The first-order valence-corrected chi connectivity index (χ1v) is 5.84. The predicted octanol–water partition coefficient (Wildman–Crippen LogP) is 0.230. The topological polar surface area (TPSA) is 84.0 Å². The minimum Gasteiger partial charge on any atom is -0.394 e. The molecular weight excluding hydrogens is 220 g/mol. The molecule has 0 radical (unpaired) electrons. The van der Waals surface area contributed by atoms with Crippen molar-refractivity contribution in [1.82, 2.24) is 15.0 Å². The molecule has 0 unspecified atom stereocenters. The number of hydrogen-bond acceptors (Lipinski definition) is 5. The Labute approximate surface area is 99.8 Å². The van der Waals surface area contributed by atoms with Crippen LogP contribution in [0.4, 0.5) is 0 Å². The zero-order valence-corrected chi connectivity index (χ0v) is 9.67. The average Bonchev–Trinajstić information content (AvgIpc) is 3.09. The van der Waals surface area contributed by atoms with Gasteiger partial charge in [0.05, 0.1) is 44.5 Å². The van der Waals surface area contributed by atoms with Crippen molar-refractivity contribution in [2.45, 2.75) is 31.7 Å². The van der Waals surface area contributed by atoms with Crippen LogP contribution in [0.3, 0.4) is 0 Å². The Bertz CT molecular complexity index is 406. The number of hydrogen-bond donors (Lipinski definition) is 1. The van der Waals surface area contributed by atoms with Crippen LogP contribution in [0.5, 0.6) is 0 Å². The molecule has 0 bridgehead atoms. The van der Waals surface area contributed by atoms with E-state index in [1.165, 1.54) is 0 Å². The summed E-state index contributed by atoms with van der Waals surface area (Å²) in [5.74, 6) is 0.520. The molecule has 0 spiro atoms. The van der Waals surface area contributed by atoms with Crippen LogP contribution in [-0.4, -0.2) is 39.9 Å². The third kappa shape index (κ3) is 3.02. The molecule has 0 amide bonds. The highest BCUT2D eigenvalue weighted by molar-refractivity contribution is 5.22. The zero-order valence-electron chi connectivity index (χ0n) is 9.67. The van der Waals surface area contributed by atoms with Crippen LogP contribution in [0.2, 0.25) is 0 Å². The molecule has 1 aromatic heterocycles. The first kappa shape index (κ1) is 12.0. The summed E-state index contributed by atoms with van der Waals surface area (Å²) in [7, 11) is 0. The van der Waals surface area contributed by atoms with E-state index in [1.54, 1.807) is 0 Å². The molecule has 6 nitrogen and oxygen atoms in total. The summed E-state index contributed by atoms with van der Waals surface area (Å²) < 4.78 is 7.04. The maximum Gasteiger partial charge on any atom is 0.100 e. The number of aromatic nitrogens is 3. The van der Waals surface area contributed by atoms with E-state index in [9.17, 15) is 0 Å². The van der Waals surface area contributed by atoms with E-state index >= 15 is 0 Å². The van der Waals surface area contributed by atoms with Gasteiger partial charge in [0.15, 0.2) is 0 Å². The maximum atomic E-state index is 8.72. The highest BCUT2D eigenvalue weighted by Crippen LogP contribution is 2.41. The lowest BCUT2D eigenvalue weighted by Gasteiger charge is -2.06. The molecule has 17 heavy (non-hydrogen) atoms. The summed E-state index contributed by atoms with van der Waals surface area (Å²) in [6, 6.07) is 2.12. The fraction of sp³-hybridized carbons (Fsp3) is 0.727. The van der Waals surface area contributed by atoms with Crippen LogP contribution >= 0.6 is 0 Å². The van der Waals surface area contributed by atoms with Crippen LogP contribution in [0.1, 0.15) is 30.1 Å². The third-order valence-electron chi connectivity index (χ3n) is 2.74. The van der Waals surface area contributed by atoms with Gasteiger partial charge in [0, 0.05) is 5.92 Å². The Morgan fingerprint density at radius 2 is 2.29 bits per heavy atom. The quantitative estimate of drug-likeness (QED) is 0.685. The fourth-order valence-electron chi connectivity index (χ4n) is 1.84. The third-order valence-corrected chi connectivity index (χ3v) is 2.74. The number of nitriles is 1. The molecule has 2 rings (SSSR count). The molecule has 1 saturated carbocycles. The second-order valence-corrected chi connectivity index (χ2v) is 4.09. The molecule has 1 aromatic rings. The summed E-state index contributed by atoms with van der Waals surface area (Å²) in [6.07, 6.45) is 2.63. The van der Waals surface area contributed by atoms with Gasteiger partial charge in [-0.15, -0.1) is 5.10 Å². The van der Waals surface area contributed by atoms with E-state index in [0.717, 1.165) is 24.2 Å². The van der Waals surface area contributed by atoms with E-state index in [4.69, 9.17) is 15.1 Å². The monoisotopic (exact) mass is 236 g/mol. The SMILES string of the molecule is N#CCc1nnn(CCOCCO)c1C1CC1. The van der Waals surface area contributed by atoms with Gasteiger partial charge in [-0.25, -0.2) is 4.68 Å². The van der Waals surface area contributed by atoms with E-state index in [-0.39, 0.29) is 6.61 Å². The van der Waals surface area contributed by atoms with Crippen molar-refractivity contribution in [3.8, 4) is 6.07 Å². The Morgan fingerprint density at radius 1 is 1.47 bits per heavy atom. The average molecular weight is 236 g/mol. The minimum absolute atomic E-state index is 0.0342. The van der Waals surface area contributed by atoms with Gasteiger partial charge >= 0.3 is 0 Å². The molecule has 1 aliphatic rings. The highest BCUT2D eigenvalue weighted by Gasteiger charge is 2.30. The van der Waals surface area contributed by atoms with Gasteiger partial charge in [0.2, 0.25) is 0 Å². The van der Waals surface area contributed by atoms with Crippen molar-refractivity contribution >= 4 is 0 Å². The van der Waals surface area contributed by atoms with Gasteiger partial charge in [0.25, 0.3) is 0 Å². The molecule has 0 aromatic carbocycles. The largest absolute Gasteiger partial charge is 0.394 e. The van der Waals surface area contributed by atoms with Crippen molar-refractivity contribution < 1.29 is 9.84 Å². The van der Waals surface area contributed by atoms with Crippen LogP contribution < -0.4 is 0 Å². The molecule has 1 aliphatic carbocycles. The number of rotatable bonds is 7. The molecule has 1 N–H and O–H groups in total. The molecule has 1 heterocycles.